The Morgan fingerprint density at radius 3 is 2.38 bits per heavy atom. The van der Waals surface area contributed by atoms with Gasteiger partial charge in [0.25, 0.3) is 0 Å². The summed E-state index contributed by atoms with van der Waals surface area (Å²) >= 11 is 0. The van der Waals surface area contributed by atoms with E-state index in [4.69, 9.17) is 0 Å². The van der Waals surface area contributed by atoms with Crippen LogP contribution < -0.4 is 10.6 Å². The van der Waals surface area contributed by atoms with Gasteiger partial charge in [0.2, 0.25) is 5.91 Å². The topological polar surface area (TPSA) is 66.9 Å². The van der Waals surface area contributed by atoms with E-state index in [0.29, 0.717) is 17.7 Å². The van der Waals surface area contributed by atoms with Crippen molar-refractivity contribution >= 4 is 17.5 Å². The highest BCUT2D eigenvalue weighted by Crippen LogP contribution is 2.10. The number of hydrogen-bond donors (Lipinski definition) is 2. The van der Waals surface area contributed by atoms with Crippen molar-refractivity contribution in [1.82, 2.24) is 9.97 Å². The number of rotatable bonds is 4. The predicted molar refractivity (Wildman–Crippen MR) is 64.3 cm³/mol. The lowest BCUT2D eigenvalue weighted by molar-refractivity contribution is -0.118. The van der Waals surface area contributed by atoms with Crippen LogP contribution in [0.5, 0.6) is 0 Å². The number of nitrogens with one attached hydrogen (secondary N) is 2. The highest BCUT2D eigenvalue weighted by Gasteiger charge is 2.08. The molecule has 1 aromatic rings. The Kier molecular flexibility index (Phi) is 4.22. The van der Waals surface area contributed by atoms with Crippen molar-refractivity contribution in [2.24, 2.45) is 5.92 Å². The normalized spacial score (nSPS) is 10.6. The van der Waals surface area contributed by atoms with E-state index in [1.54, 1.807) is 6.07 Å². The second-order valence-electron chi connectivity index (χ2n) is 4.23. The first-order chi connectivity index (χ1) is 7.49. The van der Waals surface area contributed by atoms with Crippen molar-refractivity contribution in [3.8, 4) is 0 Å². The number of nitrogens with zero attached hydrogens (tertiary/aromatic N) is 2. The van der Waals surface area contributed by atoms with Crippen LogP contribution in [-0.2, 0) is 4.79 Å². The molecule has 0 aliphatic carbocycles. The van der Waals surface area contributed by atoms with Crippen molar-refractivity contribution < 1.29 is 4.79 Å². The Bertz CT molecular complexity index is 363. The van der Waals surface area contributed by atoms with Crippen LogP contribution in [0, 0.1) is 5.92 Å². The largest absolute Gasteiger partial charge is 0.368 e. The third kappa shape index (κ3) is 3.84. The summed E-state index contributed by atoms with van der Waals surface area (Å²) in [6.45, 7) is 7.72. The maximum atomic E-state index is 11.5. The molecule has 0 spiro atoms. The summed E-state index contributed by atoms with van der Waals surface area (Å²) < 4.78 is 0. The highest BCUT2D eigenvalue weighted by atomic mass is 16.1. The van der Waals surface area contributed by atoms with Crippen molar-refractivity contribution in [3.05, 3.63) is 12.4 Å². The van der Waals surface area contributed by atoms with Gasteiger partial charge >= 0.3 is 0 Å². The second kappa shape index (κ2) is 5.44. The summed E-state index contributed by atoms with van der Waals surface area (Å²) in [5, 5.41) is 5.87. The smallest absolute Gasteiger partial charge is 0.228 e. The first-order valence-corrected chi connectivity index (χ1v) is 5.38. The van der Waals surface area contributed by atoms with Crippen LogP contribution in [0.3, 0.4) is 0 Å². The summed E-state index contributed by atoms with van der Waals surface area (Å²) in [4.78, 5) is 19.5. The second-order valence-corrected chi connectivity index (χ2v) is 4.23. The lowest BCUT2D eigenvalue weighted by atomic mass is 10.2. The van der Waals surface area contributed by atoms with E-state index < -0.39 is 0 Å². The molecule has 1 rings (SSSR count). The minimum Gasteiger partial charge on any atom is -0.368 e. The minimum atomic E-state index is -0.0588. The molecule has 0 aliphatic rings. The Morgan fingerprint density at radius 2 is 1.81 bits per heavy atom. The molecule has 1 heterocycles. The van der Waals surface area contributed by atoms with E-state index in [9.17, 15) is 4.79 Å². The van der Waals surface area contributed by atoms with Crippen LogP contribution in [0.4, 0.5) is 11.6 Å². The van der Waals surface area contributed by atoms with Gasteiger partial charge in [-0.3, -0.25) is 4.79 Å². The SMILES string of the molecule is CC(C)Nc1cc(NC(=O)C(C)C)ncn1. The minimum absolute atomic E-state index is 0.0470. The molecule has 0 radical (unpaired) electrons. The molecule has 0 atom stereocenters. The average Bonchev–Trinajstić information content (AvgIpc) is 2.16. The molecule has 0 bridgehead atoms. The number of aromatic nitrogens is 2. The molecule has 0 aromatic carbocycles. The zero-order valence-corrected chi connectivity index (χ0v) is 10.1. The van der Waals surface area contributed by atoms with E-state index in [1.165, 1.54) is 6.33 Å². The summed E-state index contributed by atoms with van der Waals surface area (Å²) in [5.41, 5.74) is 0. The molecule has 0 saturated carbocycles. The molecule has 2 N–H and O–H groups in total. The van der Waals surface area contributed by atoms with Gasteiger partial charge in [-0.25, -0.2) is 9.97 Å². The van der Waals surface area contributed by atoms with Gasteiger partial charge in [-0.15, -0.1) is 0 Å². The Balaban J connectivity index is 2.71. The zero-order valence-electron chi connectivity index (χ0n) is 10.1. The summed E-state index contributed by atoms with van der Waals surface area (Å²) in [6.07, 6.45) is 1.43. The van der Waals surface area contributed by atoms with Gasteiger partial charge in [-0.1, -0.05) is 13.8 Å². The molecule has 0 aliphatic heterocycles. The molecular formula is C11H18N4O. The van der Waals surface area contributed by atoms with Gasteiger partial charge in [0.05, 0.1) is 0 Å². The van der Waals surface area contributed by atoms with Crippen LogP contribution in [0.15, 0.2) is 12.4 Å². The van der Waals surface area contributed by atoms with Crippen LogP contribution >= 0.6 is 0 Å². The monoisotopic (exact) mass is 222 g/mol. The number of carbonyl (C=O) groups is 1. The van der Waals surface area contributed by atoms with Gasteiger partial charge in [-0.05, 0) is 13.8 Å². The lowest BCUT2D eigenvalue weighted by Gasteiger charge is -2.10. The molecule has 1 amide bonds. The molecule has 16 heavy (non-hydrogen) atoms. The zero-order chi connectivity index (χ0) is 12.1. The molecule has 1 aromatic heterocycles. The van der Waals surface area contributed by atoms with Gasteiger partial charge in [0.15, 0.2) is 0 Å². The van der Waals surface area contributed by atoms with E-state index in [-0.39, 0.29) is 11.8 Å². The predicted octanol–water partition coefficient (Wildman–Crippen LogP) is 1.89. The lowest BCUT2D eigenvalue weighted by Crippen LogP contribution is -2.19. The molecular weight excluding hydrogens is 204 g/mol. The molecule has 0 unspecified atom stereocenters. The number of amides is 1. The Labute approximate surface area is 95.7 Å². The highest BCUT2D eigenvalue weighted by molar-refractivity contribution is 5.91. The maximum absolute atomic E-state index is 11.5. The third-order valence-corrected chi connectivity index (χ3v) is 1.88. The standard InChI is InChI=1S/C11H18N4O/c1-7(2)11(16)15-10-5-9(12-6-13-10)14-8(3)4/h5-8H,1-4H3,(H2,12,13,14,15,16). The molecule has 5 nitrogen and oxygen atoms in total. The molecule has 5 heteroatoms. The van der Waals surface area contributed by atoms with Crippen molar-refractivity contribution in [3.63, 3.8) is 0 Å². The fraction of sp³-hybridized carbons (Fsp3) is 0.545. The quantitative estimate of drug-likeness (QED) is 0.816. The molecule has 0 saturated heterocycles. The Hall–Kier alpha value is -1.65. The van der Waals surface area contributed by atoms with Crippen LogP contribution in [0.25, 0.3) is 0 Å². The van der Waals surface area contributed by atoms with E-state index in [2.05, 4.69) is 20.6 Å². The molecule has 88 valence electrons. The average molecular weight is 222 g/mol. The van der Waals surface area contributed by atoms with E-state index in [1.807, 2.05) is 27.7 Å². The summed E-state index contributed by atoms with van der Waals surface area (Å²) in [6, 6.07) is 2.02. The van der Waals surface area contributed by atoms with Gasteiger partial charge in [0, 0.05) is 18.0 Å². The molecule has 0 fully saturated rings. The van der Waals surface area contributed by atoms with Crippen molar-refractivity contribution in [1.29, 1.82) is 0 Å². The van der Waals surface area contributed by atoms with Crippen LogP contribution in [-0.4, -0.2) is 21.9 Å². The van der Waals surface area contributed by atoms with Gasteiger partial charge in [0.1, 0.15) is 18.0 Å². The van der Waals surface area contributed by atoms with Gasteiger partial charge in [-0.2, -0.15) is 0 Å². The van der Waals surface area contributed by atoms with Gasteiger partial charge < -0.3 is 10.6 Å². The van der Waals surface area contributed by atoms with E-state index in [0.717, 1.165) is 0 Å². The first-order valence-electron chi connectivity index (χ1n) is 5.38. The third-order valence-electron chi connectivity index (χ3n) is 1.88. The van der Waals surface area contributed by atoms with Crippen molar-refractivity contribution in [2.45, 2.75) is 33.7 Å². The summed E-state index contributed by atoms with van der Waals surface area (Å²) in [7, 11) is 0. The fourth-order valence-electron chi connectivity index (χ4n) is 1.07. The van der Waals surface area contributed by atoms with Crippen LogP contribution in [0.1, 0.15) is 27.7 Å². The first kappa shape index (κ1) is 12.4. The van der Waals surface area contributed by atoms with E-state index >= 15 is 0 Å². The van der Waals surface area contributed by atoms with Crippen LogP contribution in [0.2, 0.25) is 0 Å². The maximum Gasteiger partial charge on any atom is 0.228 e. The Morgan fingerprint density at radius 1 is 1.19 bits per heavy atom. The number of anilines is 2. The summed E-state index contributed by atoms with van der Waals surface area (Å²) in [5.74, 6) is 1.13. The fourth-order valence-corrected chi connectivity index (χ4v) is 1.07. The van der Waals surface area contributed by atoms with Crippen molar-refractivity contribution in [2.75, 3.05) is 10.6 Å². The number of hydrogen-bond acceptors (Lipinski definition) is 4. The number of carbonyl (C=O) groups excluding carboxylic acids is 1.